The van der Waals surface area contributed by atoms with Gasteiger partial charge in [0.25, 0.3) is 0 Å². The highest BCUT2D eigenvalue weighted by molar-refractivity contribution is 5.06. The minimum absolute atomic E-state index is 0.00120. The normalized spacial score (nSPS) is 29.5. The molecule has 1 aliphatic rings. The molecule has 5 nitrogen and oxygen atoms in total. The van der Waals surface area contributed by atoms with E-state index in [4.69, 9.17) is 4.74 Å². The predicted octanol–water partition coefficient (Wildman–Crippen LogP) is -0.710. The topological polar surface area (TPSA) is 60.2 Å². The molecule has 12 heavy (non-hydrogen) atoms. The van der Waals surface area contributed by atoms with Gasteiger partial charge in [-0.25, -0.2) is 0 Å². The molecule has 0 amide bonds. The molecule has 1 N–H and O–H groups in total. The summed E-state index contributed by atoms with van der Waals surface area (Å²) in [6, 6.07) is 0. The molecule has 0 bridgehead atoms. The molecule has 1 aromatic heterocycles. The zero-order valence-corrected chi connectivity index (χ0v) is 6.84. The molecule has 66 valence electrons. The lowest BCUT2D eigenvalue weighted by Crippen LogP contribution is -2.15. The van der Waals surface area contributed by atoms with Crippen LogP contribution >= 0.6 is 0 Å². The van der Waals surface area contributed by atoms with Crippen molar-refractivity contribution < 1.29 is 9.84 Å². The molecule has 0 saturated carbocycles. The number of rotatable bonds is 1. The van der Waals surface area contributed by atoms with Crippen molar-refractivity contribution in [2.45, 2.75) is 12.0 Å². The number of aromatic nitrogens is 3. The zero-order chi connectivity index (χ0) is 8.55. The Morgan fingerprint density at radius 2 is 2.50 bits per heavy atom. The van der Waals surface area contributed by atoms with Gasteiger partial charge < -0.3 is 9.84 Å². The summed E-state index contributed by atoms with van der Waals surface area (Å²) < 4.78 is 6.73. The molecule has 0 spiro atoms. The molecule has 2 rings (SSSR count). The van der Waals surface area contributed by atoms with Crippen LogP contribution in [0.3, 0.4) is 0 Å². The first-order chi connectivity index (χ1) is 5.77. The Bertz CT molecular complexity index is 273. The van der Waals surface area contributed by atoms with Gasteiger partial charge in [0.2, 0.25) is 0 Å². The standard InChI is InChI=1S/C7H11N3O2/c1-10-2-6(8-9-10)5-3-12-4-7(5)11/h2,5,7,11H,3-4H2,1H3. The Hall–Kier alpha value is -0.940. The van der Waals surface area contributed by atoms with Gasteiger partial charge in [0.15, 0.2) is 0 Å². The SMILES string of the molecule is Cn1cc(C2COCC2O)nn1. The van der Waals surface area contributed by atoms with E-state index in [9.17, 15) is 5.11 Å². The Morgan fingerprint density at radius 3 is 3.00 bits per heavy atom. The van der Waals surface area contributed by atoms with Crippen LogP contribution in [0.2, 0.25) is 0 Å². The van der Waals surface area contributed by atoms with Gasteiger partial charge in [-0.2, -0.15) is 0 Å². The maximum absolute atomic E-state index is 9.45. The minimum atomic E-state index is -0.429. The van der Waals surface area contributed by atoms with Gasteiger partial charge in [0, 0.05) is 13.2 Å². The lowest BCUT2D eigenvalue weighted by Gasteiger charge is -2.06. The summed E-state index contributed by atoms with van der Waals surface area (Å²) in [5, 5.41) is 17.2. The van der Waals surface area contributed by atoms with Crippen LogP contribution in [-0.2, 0) is 11.8 Å². The van der Waals surface area contributed by atoms with E-state index in [-0.39, 0.29) is 5.92 Å². The van der Waals surface area contributed by atoms with E-state index in [1.807, 2.05) is 6.20 Å². The van der Waals surface area contributed by atoms with E-state index in [1.54, 1.807) is 11.7 Å². The first-order valence-corrected chi connectivity index (χ1v) is 3.89. The highest BCUT2D eigenvalue weighted by Gasteiger charge is 2.29. The molecule has 1 aliphatic heterocycles. The number of nitrogens with zero attached hydrogens (tertiary/aromatic N) is 3. The number of aliphatic hydroxyl groups is 1. The maximum atomic E-state index is 9.45. The summed E-state index contributed by atoms with van der Waals surface area (Å²) in [7, 11) is 1.80. The van der Waals surface area contributed by atoms with E-state index in [2.05, 4.69) is 10.3 Å². The van der Waals surface area contributed by atoms with Crippen LogP contribution in [0.1, 0.15) is 11.6 Å². The maximum Gasteiger partial charge on any atom is 0.0907 e. The van der Waals surface area contributed by atoms with Crippen molar-refractivity contribution in [1.82, 2.24) is 15.0 Å². The molecular formula is C7H11N3O2. The predicted molar refractivity (Wildman–Crippen MR) is 40.6 cm³/mol. The zero-order valence-electron chi connectivity index (χ0n) is 6.84. The first kappa shape index (κ1) is 7.70. The fourth-order valence-corrected chi connectivity index (χ4v) is 1.36. The smallest absolute Gasteiger partial charge is 0.0907 e. The average Bonchev–Trinajstić information content (AvgIpc) is 2.58. The van der Waals surface area contributed by atoms with Crippen molar-refractivity contribution >= 4 is 0 Å². The van der Waals surface area contributed by atoms with Gasteiger partial charge >= 0.3 is 0 Å². The molecule has 1 saturated heterocycles. The second-order valence-electron chi connectivity index (χ2n) is 3.03. The summed E-state index contributed by atoms with van der Waals surface area (Å²) in [5.74, 6) is -0.00120. The molecule has 1 fully saturated rings. The third-order valence-corrected chi connectivity index (χ3v) is 2.05. The summed E-state index contributed by atoms with van der Waals surface area (Å²) in [5.41, 5.74) is 0.808. The van der Waals surface area contributed by atoms with E-state index in [0.717, 1.165) is 5.69 Å². The number of aliphatic hydroxyl groups excluding tert-OH is 1. The van der Waals surface area contributed by atoms with Gasteiger partial charge in [0.05, 0.1) is 30.9 Å². The highest BCUT2D eigenvalue weighted by Crippen LogP contribution is 2.23. The van der Waals surface area contributed by atoms with Crippen LogP contribution in [-0.4, -0.2) is 39.4 Å². The molecule has 2 unspecified atom stereocenters. The Labute approximate surface area is 70.0 Å². The molecule has 5 heteroatoms. The molecule has 0 radical (unpaired) electrons. The lowest BCUT2D eigenvalue weighted by atomic mass is 10.0. The van der Waals surface area contributed by atoms with E-state index in [1.165, 1.54) is 0 Å². The van der Waals surface area contributed by atoms with Crippen LogP contribution < -0.4 is 0 Å². The van der Waals surface area contributed by atoms with Crippen LogP contribution in [0.5, 0.6) is 0 Å². The molecule has 1 aromatic rings. The lowest BCUT2D eigenvalue weighted by molar-refractivity contribution is 0.124. The van der Waals surface area contributed by atoms with Crippen molar-refractivity contribution in [3.63, 3.8) is 0 Å². The Kier molecular flexibility index (Phi) is 1.82. The van der Waals surface area contributed by atoms with E-state index >= 15 is 0 Å². The van der Waals surface area contributed by atoms with Crippen molar-refractivity contribution in [2.75, 3.05) is 13.2 Å². The van der Waals surface area contributed by atoms with Gasteiger partial charge in [-0.1, -0.05) is 5.21 Å². The number of aryl methyl sites for hydroxylation is 1. The molecular weight excluding hydrogens is 158 g/mol. The average molecular weight is 169 g/mol. The minimum Gasteiger partial charge on any atom is -0.390 e. The van der Waals surface area contributed by atoms with E-state index in [0.29, 0.717) is 13.2 Å². The second kappa shape index (κ2) is 2.84. The fraction of sp³-hybridized carbons (Fsp3) is 0.714. The van der Waals surface area contributed by atoms with Crippen LogP contribution in [0, 0.1) is 0 Å². The van der Waals surface area contributed by atoms with Gasteiger partial charge in [-0.15, -0.1) is 5.10 Å². The summed E-state index contributed by atoms with van der Waals surface area (Å²) in [4.78, 5) is 0. The summed E-state index contributed by atoms with van der Waals surface area (Å²) >= 11 is 0. The van der Waals surface area contributed by atoms with Gasteiger partial charge in [-0.3, -0.25) is 4.68 Å². The van der Waals surface area contributed by atoms with E-state index < -0.39 is 6.10 Å². The molecule has 2 atom stereocenters. The third-order valence-electron chi connectivity index (χ3n) is 2.05. The van der Waals surface area contributed by atoms with Crippen molar-refractivity contribution in [3.8, 4) is 0 Å². The van der Waals surface area contributed by atoms with Gasteiger partial charge in [-0.05, 0) is 0 Å². The van der Waals surface area contributed by atoms with Gasteiger partial charge in [0.1, 0.15) is 0 Å². The molecule has 0 aliphatic carbocycles. The Balaban J connectivity index is 2.19. The summed E-state index contributed by atoms with van der Waals surface area (Å²) in [6.45, 7) is 0.946. The number of hydrogen-bond donors (Lipinski definition) is 1. The third kappa shape index (κ3) is 1.21. The number of ether oxygens (including phenoxy) is 1. The molecule has 2 heterocycles. The van der Waals surface area contributed by atoms with Crippen molar-refractivity contribution in [1.29, 1.82) is 0 Å². The van der Waals surface area contributed by atoms with Crippen LogP contribution in [0.4, 0.5) is 0 Å². The van der Waals surface area contributed by atoms with Crippen molar-refractivity contribution in [2.24, 2.45) is 7.05 Å². The van der Waals surface area contributed by atoms with Crippen molar-refractivity contribution in [3.05, 3.63) is 11.9 Å². The summed E-state index contributed by atoms with van der Waals surface area (Å²) in [6.07, 6.45) is 1.38. The van der Waals surface area contributed by atoms with Crippen LogP contribution in [0.15, 0.2) is 6.20 Å². The molecule has 0 aromatic carbocycles. The Morgan fingerprint density at radius 1 is 1.67 bits per heavy atom. The largest absolute Gasteiger partial charge is 0.390 e. The second-order valence-corrected chi connectivity index (χ2v) is 3.03. The fourth-order valence-electron chi connectivity index (χ4n) is 1.36. The van der Waals surface area contributed by atoms with Crippen LogP contribution in [0.25, 0.3) is 0 Å². The number of hydrogen-bond acceptors (Lipinski definition) is 4. The first-order valence-electron chi connectivity index (χ1n) is 3.89. The monoisotopic (exact) mass is 169 g/mol. The quantitative estimate of drug-likeness (QED) is 0.603. The highest BCUT2D eigenvalue weighted by atomic mass is 16.5.